The van der Waals surface area contributed by atoms with Gasteiger partial charge in [-0.05, 0) is 39.0 Å². The van der Waals surface area contributed by atoms with Crippen LogP contribution in [0.3, 0.4) is 0 Å². The van der Waals surface area contributed by atoms with E-state index in [1.807, 2.05) is 25.1 Å². The Balaban J connectivity index is 2.23. The standard InChI is InChI=1S/C19H21NO3/c1-13-8-7-9-14(12-13)17(21)19(2,3)20-18(22)15-10-5-6-11-16(15)23-4/h5-12H,1-4H3,(H,20,22). The zero-order valence-electron chi connectivity index (χ0n) is 13.8. The summed E-state index contributed by atoms with van der Waals surface area (Å²) in [6, 6.07) is 14.3. The van der Waals surface area contributed by atoms with Gasteiger partial charge in [-0.25, -0.2) is 0 Å². The molecule has 0 aliphatic carbocycles. The topological polar surface area (TPSA) is 55.4 Å². The molecule has 0 saturated heterocycles. The molecule has 4 heteroatoms. The number of carbonyl (C=O) groups is 2. The summed E-state index contributed by atoms with van der Waals surface area (Å²) < 4.78 is 5.20. The van der Waals surface area contributed by atoms with Gasteiger partial charge in [0, 0.05) is 5.56 Å². The molecule has 2 aromatic carbocycles. The zero-order valence-corrected chi connectivity index (χ0v) is 13.8. The van der Waals surface area contributed by atoms with Gasteiger partial charge in [0.15, 0.2) is 5.78 Å². The van der Waals surface area contributed by atoms with Crippen LogP contribution in [0.2, 0.25) is 0 Å². The number of methoxy groups -OCH3 is 1. The maximum atomic E-state index is 12.7. The Kier molecular flexibility index (Phi) is 4.84. The highest BCUT2D eigenvalue weighted by molar-refractivity contribution is 6.07. The summed E-state index contributed by atoms with van der Waals surface area (Å²) in [5.41, 5.74) is 0.962. The summed E-state index contributed by atoms with van der Waals surface area (Å²) in [7, 11) is 1.51. The molecule has 0 spiro atoms. The number of amides is 1. The molecule has 2 aromatic rings. The molecular formula is C19H21NO3. The summed E-state index contributed by atoms with van der Waals surface area (Å²) in [5.74, 6) is 0.00158. The first-order valence-electron chi connectivity index (χ1n) is 7.42. The molecule has 23 heavy (non-hydrogen) atoms. The lowest BCUT2D eigenvalue weighted by atomic mass is 9.92. The van der Waals surface area contributed by atoms with E-state index in [4.69, 9.17) is 4.74 Å². The number of ether oxygens (including phenoxy) is 1. The molecule has 1 amide bonds. The van der Waals surface area contributed by atoms with Crippen LogP contribution >= 0.6 is 0 Å². The third kappa shape index (κ3) is 3.77. The first kappa shape index (κ1) is 16.7. The van der Waals surface area contributed by atoms with Gasteiger partial charge in [-0.2, -0.15) is 0 Å². The van der Waals surface area contributed by atoms with E-state index < -0.39 is 5.54 Å². The molecule has 0 aliphatic rings. The zero-order chi connectivity index (χ0) is 17.0. The van der Waals surface area contributed by atoms with Gasteiger partial charge >= 0.3 is 0 Å². The van der Waals surface area contributed by atoms with E-state index in [9.17, 15) is 9.59 Å². The molecular weight excluding hydrogens is 290 g/mol. The number of para-hydroxylation sites is 1. The fraction of sp³-hybridized carbons (Fsp3) is 0.263. The number of rotatable bonds is 5. The average molecular weight is 311 g/mol. The number of ketones is 1. The van der Waals surface area contributed by atoms with Crippen LogP contribution in [0.15, 0.2) is 48.5 Å². The second-order valence-electron chi connectivity index (χ2n) is 5.98. The van der Waals surface area contributed by atoms with Crippen molar-refractivity contribution in [1.29, 1.82) is 0 Å². The van der Waals surface area contributed by atoms with Gasteiger partial charge in [-0.3, -0.25) is 9.59 Å². The molecule has 0 saturated carbocycles. The van der Waals surface area contributed by atoms with Crippen LogP contribution in [0.4, 0.5) is 0 Å². The number of benzene rings is 2. The van der Waals surface area contributed by atoms with E-state index >= 15 is 0 Å². The monoisotopic (exact) mass is 311 g/mol. The summed E-state index contributed by atoms with van der Waals surface area (Å²) in [4.78, 5) is 25.2. The minimum absolute atomic E-state index is 0.135. The van der Waals surface area contributed by atoms with Gasteiger partial charge in [0.1, 0.15) is 5.75 Å². The maximum absolute atomic E-state index is 12.7. The summed E-state index contributed by atoms with van der Waals surface area (Å²) >= 11 is 0. The van der Waals surface area contributed by atoms with Gasteiger partial charge in [0.2, 0.25) is 0 Å². The van der Waals surface area contributed by atoms with Crippen LogP contribution in [0.5, 0.6) is 5.75 Å². The van der Waals surface area contributed by atoms with E-state index in [1.165, 1.54) is 7.11 Å². The van der Waals surface area contributed by atoms with Gasteiger partial charge in [-0.15, -0.1) is 0 Å². The van der Waals surface area contributed by atoms with Crippen LogP contribution in [0.1, 0.15) is 40.1 Å². The van der Waals surface area contributed by atoms with Crippen molar-refractivity contribution < 1.29 is 14.3 Å². The third-order valence-corrected chi connectivity index (χ3v) is 3.63. The number of carbonyl (C=O) groups excluding carboxylic acids is 2. The van der Waals surface area contributed by atoms with Gasteiger partial charge in [-0.1, -0.05) is 35.9 Å². The smallest absolute Gasteiger partial charge is 0.255 e. The van der Waals surface area contributed by atoms with Crippen molar-refractivity contribution in [3.05, 3.63) is 65.2 Å². The largest absolute Gasteiger partial charge is 0.496 e. The maximum Gasteiger partial charge on any atom is 0.255 e. The van der Waals surface area contributed by atoms with E-state index in [0.717, 1.165) is 5.56 Å². The number of aryl methyl sites for hydroxylation is 1. The first-order chi connectivity index (χ1) is 10.8. The predicted octanol–water partition coefficient (Wildman–Crippen LogP) is 3.39. The molecule has 0 bridgehead atoms. The van der Waals surface area contributed by atoms with Crippen molar-refractivity contribution in [2.45, 2.75) is 26.3 Å². The van der Waals surface area contributed by atoms with Crippen molar-refractivity contribution in [3.63, 3.8) is 0 Å². The minimum Gasteiger partial charge on any atom is -0.496 e. The summed E-state index contributed by atoms with van der Waals surface area (Å²) in [6.45, 7) is 5.33. The first-order valence-corrected chi connectivity index (χ1v) is 7.42. The highest BCUT2D eigenvalue weighted by Crippen LogP contribution is 2.20. The molecule has 0 aromatic heterocycles. The number of hydrogen-bond acceptors (Lipinski definition) is 3. The van der Waals surface area contributed by atoms with Crippen molar-refractivity contribution in [2.24, 2.45) is 0 Å². The Hall–Kier alpha value is -2.62. The fourth-order valence-electron chi connectivity index (χ4n) is 2.39. The second kappa shape index (κ2) is 6.65. The molecule has 0 aliphatic heterocycles. The van der Waals surface area contributed by atoms with Gasteiger partial charge in [0.25, 0.3) is 5.91 Å². The Bertz CT molecular complexity index is 735. The quantitative estimate of drug-likeness (QED) is 0.861. The molecule has 0 radical (unpaired) electrons. The lowest BCUT2D eigenvalue weighted by Crippen LogP contribution is -2.49. The lowest BCUT2D eigenvalue weighted by Gasteiger charge is -2.25. The Morgan fingerprint density at radius 3 is 2.39 bits per heavy atom. The van der Waals surface area contributed by atoms with Crippen molar-refractivity contribution in [3.8, 4) is 5.75 Å². The fourth-order valence-corrected chi connectivity index (χ4v) is 2.39. The van der Waals surface area contributed by atoms with Crippen LogP contribution < -0.4 is 10.1 Å². The molecule has 1 N–H and O–H groups in total. The summed E-state index contributed by atoms with van der Waals surface area (Å²) in [5, 5.41) is 2.80. The number of hydrogen-bond donors (Lipinski definition) is 1. The molecule has 0 atom stereocenters. The van der Waals surface area contributed by atoms with Gasteiger partial charge in [0.05, 0.1) is 18.2 Å². The second-order valence-corrected chi connectivity index (χ2v) is 5.98. The molecule has 0 fully saturated rings. The van der Waals surface area contributed by atoms with Crippen LogP contribution in [0, 0.1) is 6.92 Å². The highest BCUT2D eigenvalue weighted by atomic mass is 16.5. The van der Waals surface area contributed by atoms with Gasteiger partial charge < -0.3 is 10.1 Å². The van der Waals surface area contributed by atoms with Crippen LogP contribution in [-0.2, 0) is 0 Å². The SMILES string of the molecule is COc1ccccc1C(=O)NC(C)(C)C(=O)c1cccc(C)c1. The molecule has 120 valence electrons. The van der Waals surface area contributed by atoms with Crippen LogP contribution in [-0.4, -0.2) is 24.3 Å². The predicted molar refractivity (Wildman–Crippen MR) is 90.0 cm³/mol. The summed E-state index contributed by atoms with van der Waals surface area (Å²) in [6.07, 6.45) is 0. The minimum atomic E-state index is -1.02. The highest BCUT2D eigenvalue weighted by Gasteiger charge is 2.31. The molecule has 2 rings (SSSR count). The van der Waals surface area contributed by atoms with E-state index in [2.05, 4.69) is 5.32 Å². The van der Waals surface area contributed by atoms with Crippen LogP contribution in [0.25, 0.3) is 0 Å². The van der Waals surface area contributed by atoms with E-state index in [-0.39, 0.29) is 11.7 Å². The molecule has 0 unspecified atom stereocenters. The third-order valence-electron chi connectivity index (χ3n) is 3.63. The van der Waals surface area contributed by atoms with Crippen molar-refractivity contribution >= 4 is 11.7 Å². The Morgan fingerprint density at radius 2 is 1.74 bits per heavy atom. The normalized spacial score (nSPS) is 11.0. The van der Waals surface area contributed by atoms with E-state index in [1.54, 1.807) is 44.2 Å². The average Bonchev–Trinajstić information content (AvgIpc) is 2.53. The number of nitrogens with one attached hydrogen (secondary N) is 1. The number of Topliss-reactive ketones (excluding diaryl/α,β-unsaturated/α-hetero) is 1. The molecule has 0 heterocycles. The van der Waals surface area contributed by atoms with Crippen molar-refractivity contribution in [2.75, 3.05) is 7.11 Å². The van der Waals surface area contributed by atoms with E-state index in [0.29, 0.717) is 16.9 Å². The van der Waals surface area contributed by atoms with Crippen molar-refractivity contribution in [1.82, 2.24) is 5.32 Å². The Morgan fingerprint density at radius 1 is 1.04 bits per heavy atom. The Labute approximate surface area is 136 Å². The lowest BCUT2D eigenvalue weighted by molar-refractivity contribution is 0.0796. The molecule has 4 nitrogen and oxygen atoms in total.